The number of hydrogen-bond donors (Lipinski definition) is 3. The van der Waals surface area contributed by atoms with Crippen LogP contribution in [-0.2, 0) is 22.4 Å². The van der Waals surface area contributed by atoms with Crippen LogP contribution in [0.2, 0.25) is 0 Å². The van der Waals surface area contributed by atoms with Crippen molar-refractivity contribution in [1.29, 1.82) is 0 Å². The number of fused-ring (bicyclic) bond motifs is 3. The fourth-order valence-corrected chi connectivity index (χ4v) is 5.55. The smallest absolute Gasteiger partial charge is 0.230 e. The number of aryl methyl sites for hydroxylation is 2. The summed E-state index contributed by atoms with van der Waals surface area (Å²) < 4.78 is 5.34. The Hall–Kier alpha value is -1.42. The number of morpholine rings is 1. The van der Waals surface area contributed by atoms with Gasteiger partial charge in [0, 0.05) is 4.88 Å². The molecule has 26 heavy (non-hydrogen) atoms. The van der Waals surface area contributed by atoms with E-state index in [2.05, 4.69) is 15.3 Å². The van der Waals surface area contributed by atoms with Crippen LogP contribution in [0.1, 0.15) is 16.9 Å². The summed E-state index contributed by atoms with van der Waals surface area (Å²) in [5, 5.41) is 4.60. The van der Waals surface area contributed by atoms with E-state index in [0.717, 1.165) is 55.9 Å². The fourth-order valence-electron chi connectivity index (χ4n) is 3.54. The maximum atomic E-state index is 12.1. The van der Waals surface area contributed by atoms with Crippen molar-refractivity contribution in [1.82, 2.24) is 15.3 Å². The Morgan fingerprint density at radius 3 is 3.00 bits per heavy atom. The van der Waals surface area contributed by atoms with Gasteiger partial charge in [-0.05, 0) is 24.8 Å². The second-order valence-electron chi connectivity index (χ2n) is 6.68. The van der Waals surface area contributed by atoms with E-state index in [9.17, 15) is 4.79 Å². The van der Waals surface area contributed by atoms with Crippen LogP contribution in [-0.4, -0.2) is 61.0 Å². The molecule has 0 aromatic carbocycles. The number of thiophene rings is 1. The fraction of sp³-hybridized carbons (Fsp3) is 0.588. The Morgan fingerprint density at radius 2 is 2.15 bits per heavy atom. The lowest BCUT2D eigenvalue weighted by molar-refractivity contribution is -0.906. The molecule has 1 fully saturated rings. The van der Waals surface area contributed by atoms with Gasteiger partial charge in [0.1, 0.15) is 23.7 Å². The molecule has 1 aliphatic carbocycles. The zero-order valence-corrected chi connectivity index (χ0v) is 16.3. The molecule has 0 saturated carbocycles. The summed E-state index contributed by atoms with van der Waals surface area (Å²) in [5.74, 6) is 0.876. The largest absolute Gasteiger partial charge is 0.383 e. The molecule has 0 spiro atoms. The number of carbonyl (C=O) groups is 1. The predicted octanol–water partition coefficient (Wildman–Crippen LogP) is -0.114. The molecule has 3 heterocycles. The monoisotopic (exact) mass is 394 g/mol. The number of carbonyl (C=O) groups excluding carboxylic acids is 1. The number of thioether (sulfide) groups is 1. The normalized spacial score (nSPS) is 17.5. The van der Waals surface area contributed by atoms with Crippen LogP contribution >= 0.6 is 23.1 Å². The number of quaternary nitrogens is 1. The second-order valence-corrected chi connectivity index (χ2v) is 8.71. The number of aromatic nitrogens is 2. The maximum absolute atomic E-state index is 12.1. The molecule has 2 aliphatic rings. The Balaban J connectivity index is 1.29. The molecule has 4 N–H and O–H groups in total. The first-order chi connectivity index (χ1) is 12.7. The number of nitrogens with zero attached hydrogens (tertiary/aromatic N) is 2. The van der Waals surface area contributed by atoms with E-state index in [1.807, 2.05) is 0 Å². The van der Waals surface area contributed by atoms with Crippen LogP contribution in [0.3, 0.4) is 0 Å². The van der Waals surface area contributed by atoms with Crippen molar-refractivity contribution in [2.75, 3.05) is 50.9 Å². The highest BCUT2D eigenvalue weighted by molar-refractivity contribution is 7.99. The molecule has 9 heteroatoms. The Kier molecular flexibility index (Phi) is 5.58. The van der Waals surface area contributed by atoms with Crippen molar-refractivity contribution < 1.29 is 14.4 Å². The average molecular weight is 395 g/mol. The summed E-state index contributed by atoms with van der Waals surface area (Å²) in [5.41, 5.74) is 7.51. The van der Waals surface area contributed by atoms with E-state index in [1.165, 1.54) is 33.5 Å². The van der Waals surface area contributed by atoms with Crippen molar-refractivity contribution in [2.24, 2.45) is 0 Å². The molecule has 1 saturated heterocycles. The van der Waals surface area contributed by atoms with Crippen molar-refractivity contribution in [3.05, 3.63) is 10.4 Å². The van der Waals surface area contributed by atoms with E-state index in [0.29, 0.717) is 23.3 Å². The third-order valence-electron chi connectivity index (χ3n) is 4.91. The van der Waals surface area contributed by atoms with Gasteiger partial charge in [0.2, 0.25) is 5.91 Å². The minimum Gasteiger partial charge on any atom is -0.383 e. The minimum absolute atomic E-state index is 0.0126. The zero-order valence-electron chi connectivity index (χ0n) is 14.7. The van der Waals surface area contributed by atoms with Crippen LogP contribution in [0, 0.1) is 0 Å². The van der Waals surface area contributed by atoms with Crippen LogP contribution in [0.4, 0.5) is 5.82 Å². The number of nitrogens with two attached hydrogens (primary N) is 1. The molecule has 0 unspecified atom stereocenters. The van der Waals surface area contributed by atoms with Crippen molar-refractivity contribution in [3.63, 3.8) is 0 Å². The van der Waals surface area contributed by atoms with Gasteiger partial charge in [0.25, 0.3) is 0 Å². The Bertz CT molecular complexity index is 804. The predicted molar refractivity (Wildman–Crippen MR) is 104 cm³/mol. The van der Waals surface area contributed by atoms with Gasteiger partial charge in [-0.15, -0.1) is 11.3 Å². The molecule has 1 aliphatic heterocycles. The Morgan fingerprint density at radius 1 is 1.31 bits per heavy atom. The van der Waals surface area contributed by atoms with E-state index in [1.54, 1.807) is 11.3 Å². The zero-order chi connectivity index (χ0) is 17.9. The number of amides is 1. The SMILES string of the molecule is Nc1nc(SCC(=O)NCC[NH+]2CCOCC2)nc2sc3c(c12)CCC3. The topological polar surface area (TPSA) is 94.6 Å². The van der Waals surface area contributed by atoms with Crippen LogP contribution in [0.15, 0.2) is 5.16 Å². The number of anilines is 1. The molecule has 0 radical (unpaired) electrons. The van der Waals surface area contributed by atoms with Gasteiger partial charge in [-0.2, -0.15) is 0 Å². The number of nitrogens with one attached hydrogen (secondary N) is 2. The van der Waals surface area contributed by atoms with Crippen molar-refractivity contribution in [3.8, 4) is 0 Å². The van der Waals surface area contributed by atoms with Gasteiger partial charge < -0.3 is 20.7 Å². The molecular formula is C17H24N5O2S2+. The minimum atomic E-state index is 0.0126. The summed E-state index contributed by atoms with van der Waals surface area (Å²) in [6.45, 7) is 5.29. The number of hydrogen-bond acceptors (Lipinski definition) is 7. The molecule has 0 atom stereocenters. The Labute approximate surface area is 160 Å². The van der Waals surface area contributed by atoms with E-state index >= 15 is 0 Å². The summed E-state index contributed by atoms with van der Waals surface area (Å²) in [6.07, 6.45) is 3.38. The van der Waals surface area contributed by atoms with Gasteiger partial charge in [-0.3, -0.25) is 4.79 Å². The summed E-state index contributed by atoms with van der Waals surface area (Å²) in [7, 11) is 0. The van der Waals surface area contributed by atoms with Crippen LogP contribution in [0.25, 0.3) is 10.2 Å². The number of nitrogen functional groups attached to an aromatic ring is 1. The molecule has 0 bridgehead atoms. The molecule has 4 rings (SSSR count). The first-order valence-corrected chi connectivity index (χ1v) is 10.9. The maximum Gasteiger partial charge on any atom is 0.230 e. The van der Waals surface area contributed by atoms with Crippen LogP contribution in [0.5, 0.6) is 0 Å². The average Bonchev–Trinajstić information content (AvgIpc) is 3.21. The number of rotatable bonds is 6. The summed E-state index contributed by atoms with van der Waals surface area (Å²) in [4.78, 5) is 24.9. The molecule has 1 amide bonds. The second kappa shape index (κ2) is 8.08. The van der Waals surface area contributed by atoms with Gasteiger partial charge in [0.15, 0.2) is 5.16 Å². The summed E-state index contributed by atoms with van der Waals surface area (Å²) in [6, 6.07) is 0. The quantitative estimate of drug-likeness (QED) is 0.467. The van der Waals surface area contributed by atoms with Crippen LogP contribution < -0.4 is 16.0 Å². The molecule has 2 aromatic rings. The number of ether oxygens (including phenoxy) is 1. The third-order valence-corrected chi connectivity index (χ3v) is 6.94. The molecule has 140 valence electrons. The van der Waals surface area contributed by atoms with Gasteiger partial charge in [-0.1, -0.05) is 11.8 Å². The third kappa shape index (κ3) is 3.95. The summed E-state index contributed by atoms with van der Waals surface area (Å²) >= 11 is 3.07. The van der Waals surface area contributed by atoms with E-state index < -0.39 is 0 Å². The highest BCUT2D eigenvalue weighted by atomic mass is 32.2. The lowest BCUT2D eigenvalue weighted by atomic mass is 10.2. The first kappa shape index (κ1) is 18.0. The molecule has 7 nitrogen and oxygen atoms in total. The molecule has 2 aromatic heterocycles. The molecular weight excluding hydrogens is 370 g/mol. The van der Waals surface area contributed by atoms with E-state index in [4.69, 9.17) is 10.5 Å². The van der Waals surface area contributed by atoms with Crippen molar-refractivity contribution in [2.45, 2.75) is 24.4 Å². The van der Waals surface area contributed by atoms with E-state index in [-0.39, 0.29) is 5.91 Å². The first-order valence-electron chi connectivity index (χ1n) is 9.09. The van der Waals surface area contributed by atoms with Gasteiger partial charge >= 0.3 is 0 Å². The van der Waals surface area contributed by atoms with Gasteiger partial charge in [-0.25, -0.2) is 9.97 Å². The highest BCUT2D eigenvalue weighted by Gasteiger charge is 2.21. The standard InChI is InChI=1S/C17H23N5O2S2/c18-15-14-11-2-1-3-12(11)26-16(14)21-17(20-15)25-10-13(23)19-4-5-22-6-8-24-9-7-22/h1-10H2,(H,19,23)(H2,18,20,21)/p+1. The lowest BCUT2D eigenvalue weighted by Crippen LogP contribution is -3.14. The van der Waals surface area contributed by atoms with Gasteiger partial charge in [0.05, 0.1) is 37.4 Å². The highest BCUT2D eigenvalue weighted by Crippen LogP contribution is 2.39. The lowest BCUT2D eigenvalue weighted by Gasteiger charge is -2.23. The van der Waals surface area contributed by atoms with Crippen molar-refractivity contribution >= 4 is 45.0 Å².